The minimum absolute atomic E-state index is 0.0331. The molecule has 8 nitrogen and oxygen atoms in total. The first-order valence-electron chi connectivity index (χ1n) is 8.93. The first-order chi connectivity index (χ1) is 14.4. The molecule has 0 fully saturated rings. The van der Waals surface area contributed by atoms with E-state index in [1.54, 1.807) is 30.3 Å². The number of hydrogen-bond acceptors (Lipinski definition) is 5. The number of rotatable bonds is 4. The second kappa shape index (κ2) is 8.17. The van der Waals surface area contributed by atoms with Crippen LogP contribution in [0.5, 0.6) is 0 Å². The highest BCUT2D eigenvalue weighted by molar-refractivity contribution is 6.44. The Labute approximate surface area is 180 Å². The maximum atomic E-state index is 12.9. The Hall–Kier alpha value is -3.36. The summed E-state index contributed by atoms with van der Waals surface area (Å²) in [6.45, 7) is 0. The number of hydrogen-bond donors (Lipinski definition) is 4. The summed E-state index contributed by atoms with van der Waals surface area (Å²) in [5.41, 5.74) is 0.528. The van der Waals surface area contributed by atoms with Gasteiger partial charge in [0.25, 0.3) is 5.56 Å². The summed E-state index contributed by atoms with van der Waals surface area (Å²) in [7, 11) is 0. The van der Waals surface area contributed by atoms with Crippen LogP contribution in [-0.4, -0.2) is 21.8 Å². The fourth-order valence-electron chi connectivity index (χ4n) is 3.13. The molecule has 0 saturated carbocycles. The molecule has 152 valence electrons. The van der Waals surface area contributed by atoms with Gasteiger partial charge in [-0.25, -0.2) is 0 Å². The molecule has 0 aliphatic carbocycles. The molecule has 0 radical (unpaired) electrons. The summed E-state index contributed by atoms with van der Waals surface area (Å²) in [6, 6.07) is 13.9. The number of benzene rings is 2. The third kappa shape index (κ3) is 4.00. The van der Waals surface area contributed by atoms with Crippen molar-refractivity contribution in [2.75, 3.05) is 16.0 Å². The van der Waals surface area contributed by atoms with Crippen LogP contribution in [0.3, 0.4) is 0 Å². The van der Waals surface area contributed by atoms with E-state index in [9.17, 15) is 14.4 Å². The predicted octanol–water partition coefficient (Wildman–Crippen LogP) is 3.88. The molecule has 2 amide bonds. The van der Waals surface area contributed by atoms with Crippen LogP contribution in [0.1, 0.15) is 17.9 Å². The molecule has 1 aromatic heterocycles. The summed E-state index contributed by atoms with van der Waals surface area (Å²) in [5.74, 6) is -1.85. The van der Waals surface area contributed by atoms with Crippen molar-refractivity contribution in [2.45, 2.75) is 12.3 Å². The standard InChI is InChI=1S/C20H15Cl2N5O3/c21-12-7-4-8-13(16(12)22)24-18(29)11-9-14(28)25-17-15(11)19(30)27-20(26-17)23-10-5-2-1-3-6-10/h1-8,11H,9H2,(H,24,29)(H3,23,25,26,27,28,30)/t11-/m1/s1. The molecule has 30 heavy (non-hydrogen) atoms. The number of amides is 2. The number of carbonyl (C=O) groups excluding carboxylic acids is 2. The highest BCUT2D eigenvalue weighted by Crippen LogP contribution is 2.33. The van der Waals surface area contributed by atoms with Gasteiger partial charge in [-0.2, -0.15) is 4.98 Å². The molecule has 3 aromatic rings. The Morgan fingerprint density at radius 3 is 2.60 bits per heavy atom. The van der Waals surface area contributed by atoms with Crippen molar-refractivity contribution in [3.8, 4) is 0 Å². The number of anilines is 4. The zero-order chi connectivity index (χ0) is 21.3. The van der Waals surface area contributed by atoms with Gasteiger partial charge in [-0.3, -0.25) is 19.4 Å². The zero-order valence-corrected chi connectivity index (χ0v) is 16.8. The largest absolute Gasteiger partial charge is 0.326 e. The average Bonchev–Trinajstić information content (AvgIpc) is 2.71. The second-order valence-corrected chi connectivity index (χ2v) is 7.35. The van der Waals surface area contributed by atoms with Gasteiger partial charge >= 0.3 is 0 Å². The van der Waals surface area contributed by atoms with Crippen LogP contribution in [0.4, 0.5) is 23.1 Å². The average molecular weight is 444 g/mol. The van der Waals surface area contributed by atoms with Crippen LogP contribution in [-0.2, 0) is 9.59 Å². The van der Waals surface area contributed by atoms with E-state index in [0.29, 0.717) is 5.69 Å². The molecule has 1 aliphatic rings. The van der Waals surface area contributed by atoms with E-state index in [1.165, 1.54) is 0 Å². The van der Waals surface area contributed by atoms with Gasteiger partial charge in [0.1, 0.15) is 5.82 Å². The van der Waals surface area contributed by atoms with Gasteiger partial charge in [-0.15, -0.1) is 0 Å². The Bertz CT molecular complexity index is 1200. The lowest BCUT2D eigenvalue weighted by Gasteiger charge is -2.24. The van der Waals surface area contributed by atoms with Crippen LogP contribution in [0, 0.1) is 0 Å². The Balaban J connectivity index is 1.66. The summed E-state index contributed by atoms with van der Waals surface area (Å²) in [5, 5.41) is 8.59. The molecule has 2 aromatic carbocycles. The zero-order valence-electron chi connectivity index (χ0n) is 15.3. The predicted molar refractivity (Wildman–Crippen MR) is 116 cm³/mol. The maximum Gasteiger partial charge on any atom is 0.258 e. The first kappa shape index (κ1) is 19.9. The molecule has 1 atom stereocenters. The van der Waals surface area contributed by atoms with Crippen molar-refractivity contribution >= 4 is 58.2 Å². The van der Waals surface area contributed by atoms with Crippen LogP contribution in [0.25, 0.3) is 0 Å². The third-order valence-electron chi connectivity index (χ3n) is 4.51. The fraction of sp³-hybridized carbons (Fsp3) is 0.100. The second-order valence-electron chi connectivity index (χ2n) is 6.56. The van der Waals surface area contributed by atoms with E-state index in [2.05, 4.69) is 25.9 Å². The molecule has 1 aliphatic heterocycles. The molecule has 2 heterocycles. The fourth-order valence-corrected chi connectivity index (χ4v) is 3.48. The van der Waals surface area contributed by atoms with Gasteiger partial charge in [0.05, 0.1) is 27.2 Å². The number of aromatic nitrogens is 2. The van der Waals surface area contributed by atoms with Crippen LogP contribution in [0.2, 0.25) is 10.0 Å². The van der Waals surface area contributed by atoms with Crippen molar-refractivity contribution in [1.29, 1.82) is 0 Å². The lowest BCUT2D eigenvalue weighted by molar-refractivity contribution is -0.123. The van der Waals surface area contributed by atoms with Gasteiger partial charge < -0.3 is 16.0 Å². The highest BCUT2D eigenvalue weighted by Gasteiger charge is 2.35. The van der Waals surface area contributed by atoms with E-state index in [4.69, 9.17) is 23.2 Å². The Morgan fingerprint density at radius 1 is 1.07 bits per heavy atom. The molecule has 0 bridgehead atoms. The van der Waals surface area contributed by atoms with Crippen molar-refractivity contribution in [2.24, 2.45) is 0 Å². The monoisotopic (exact) mass is 443 g/mol. The number of carbonyl (C=O) groups is 2. The van der Waals surface area contributed by atoms with Gasteiger partial charge in [0.15, 0.2) is 0 Å². The van der Waals surface area contributed by atoms with Crippen molar-refractivity contribution < 1.29 is 9.59 Å². The van der Waals surface area contributed by atoms with Gasteiger partial charge in [-0.1, -0.05) is 47.5 Å². The molecule has 0 unspecified atom stereocenters. The minimum atomic E-state index is -1.04. The molecule has 4 rings (SSSR count). The Kier molecular flexibility index (Phi) is 5.43. The van der Waals surface area contributed by atoms with E-state index in [1.807, 2.05) is 18.2 Å². The summed E-state index contributed by atoms with van der Waals surface area (Å²) in [6.07, 6.45) is -0.201. The summed E-state index contributed by atoms with van der Waals surface area (Å²) >= 11 is 12.1. The number of H-pyrrole nitrogens is 1. The lowest BCUT2D eigenvalue weighted by Crippen LogP contribution is -2.36. The smallest absolute Gasteiger partial charge is 0.258 e. The maximum absolute atomic E-state index is 12.9. The van der Waals surface area contributed by atoms with Crippen molar-refractivity contribution in [3.63, 3.8) is 0 Å². The Morgan fingerprint density at radius 2 is 1.83 bits per heavy atom. The molecule has 0 saturated heterocycles. The number of nitrogens with zero attached hydrogens (tertiary/aromatic N) is 1. The van der Waals surface area contributed by atoms with E-state index >= 15 is 0 Å². The minimum Gasteiger partial charge on any atom is -0.326 e. The van der Waals surface area contributed by atoms with Crippen molar-refractivity contribution in [3.05, 3.63) is 74.5 Å². The SMILES string of the molecule is O=C1C[C@@H](C(=O)Nc2cccc(Cl)c2Cl)c2c(nc(Nc3ccccc3)[nH]c2=O)N1. The molecule has 4 N–H and O–H groups in total. The number of aromatic amines is 1. The van der Waals surface area contributed by atoms with Crippen molar-refractivity contribution in [1.82, 2.24) is 9.97 Å². The lowest BCUT2D eigenvalue weighted by atomic mass is 9.92. The summed E-state index contributed by atoms with van der Waals surface area (Å²) < 4.78 is 0. The number of fused-ring (bicyclic) bond motifs is 1. The number of para-hydroxylation sites is 1. The summed E-state index contributed by atoms with van der Waals surface area (Å²) in [4.78, 5) is 44.7. The number of halogens is 2. The molecule has 0 spiro atoms. The number of nitrogens with one attached hydrogen (secondary N) is 4. The normalized spacial score (nSPS) is 15.1. The van der Waals surface area contributed by atoms with Crippen LogP contribution in [0.15, 0.2) is 53.3 Å². The highest BCUT2D eigenvalue weighted by atomic mass is 35.5. The molecular formula is C20H15Cl2N5O3. The topological polar surface area (TPSA) is 116 Å². The van der Waals surface area contributed by atoms with Gasteiger partial charge in [0, 0.05) is 12.1 Å². The van der Waals surface area contributed by atoms with E-state index in [-0.39, 0.29) is 39.5 Å². The third-order valence-corrected chi connectivity index (χ3v) is 5.33. The molecular weight excluding hydrogens is 429 g/mol. The van der Waals surface area contributed by atoms with Gasteiger partial charge in [-0.05, 0) is 24.3 Å². The molecule has 10 heteroatoms. The first-order valence-corrected chi connectivity index (χ1v) is 9.69. The quantitative estimate of drug-likeness (QED) is 0.488. The van der Waals surface area contributed by atoms with E-state index < -0.39 is 23.3 Å². The van der Waals surface area contributed by atoms with Crippen LogP contribution >= 0.6 is 23.2 Å². The van der Waals surface area contributed by atoms with Crippen LogP contribution < -0.4 is 21.5 Å². The van der Waals surface area contributed by atoms with Gasteiger partial charge in [0.2, 0.25) is 17.8 Å². The van der Waals surface area contributed by atoms with E-state index in [0.717, 1.165) is 0 Å².